The maximum atomic E-state index is 11.3. The molecule has 0 aromatic rings. The third kappa shape index (κ3) is 2.50. The lowest BCUT2D eigenvalue weighted by atomic mass is 9.53. The highest BCUT2D eigenvalue weighted by Crippen LogP contribution is 2.55. The molecule has 2 aliphatic rings. The summed E-state index contributed by atoms with van der Waals surface area (Å²) in [6, 6.07) is 2.58. The number of aliphatic hydroxyl groups is 1. The molecule has 0 heterocycles. The monoisotopic (exact) mass is 277 g/mol. The first-order valence-corrected chi connectivity index (χ1v) is 8.39. The van der Waals surface area contributed by atoms with Crippen molar-refractivity contribution in [2.24, 2.45) is 22.7 Å². The molecule has 2 rings (SSSR count). The first-order chi connectivity index (χ1) is 9.25. The maximum Gasteiger partial charge on any atom is 0.0863 e. The highest BCUT2D eigenvalue weighted by Gasteiger charge is 2.55. The molecule has 1 N–H and O–H groups in total. The van der Waals surface area contributed by atoms with Crippen molar-refractivity contribution >= 4 is 0 Å². The van der Waals surface area contributed by atoms with Crippen molar-refractivity contribution in [3.8, 4) is 6.07 Å². The van der Waals surface area contributed by atoms with Gasteiger partial charge in [0.1, 0.15) is 0 Å². The van der Waals surface area contributed by atoms with E-state index >= 15 is 0 Å². The molecule has 2 unspecified atom stereocenters. The summed E-state index contributed by atoms with van der Waals surface area (Å²) in [5.41, 5.74) is -0.917. The molecule has 0 aliphatic heterocycles. The van der Waals surface area contributed by atoms with E-state index in [0.29, 0.717) is 11.3 Å². The zero-order valence-electron chi connectivity index (χ0n) is 13.7. The van der Waals surface area contributed by atoms with Crippen LogP contribution in [0.4, 0.5) is 0 Å². The van der Waals surface area contributed by atoms with Gasteiger partial charge in [0.05, 0.1) is 17.1 Å². The van der Waals surface area contributed by atoms with Crippen molar-refractivity contribution in [1.82, 2.24) is 0 Å². The van der Waals surface area contributed by atoms with Crippen LogP contribution in [0.2, 0.25) is 0 Å². The van der Waals surface area contributed by atoms with Crippen LogP contribution < -0.4 is 0 Å². The van der Waals surface area contributed by atoms with Crippen LogP contribution in [0, 0.1) is 34.0 Å². The molecular formula is C18H31NO. The molecule has 20 heavy (non-hydrogen) atoms. The molecule has 2 heteroatoms. The third-order valence-electron chi connectivity index (χ3n) is 6.37. The van der Waals surface area contributed by atoms with Gasteiger partial charge in [0.2, 0.25) is 0 Å². The van der Waals surface area contributed by atoms with Gasteiger partial charge in [-0.3, -0.25) is 0 Å². The van der Waals surface area contributed by atoms with E-state index in [9.17, 15) is 10.4 Å². The summed E-state index contributed by atoms with van der Waals surface area (Å²) in [6.45, 7) is 9.05. The summed E-state index contributed by atoms with van der Waals surface area (Å²) in [5.74, 6) is 0.952. The predicted octanol–water partition coefficient (Wildman–Crippen LogP) is 4.67. The van der Waals surface area contributed by atoms with Crippen LogP contribution >= 0.6 is 0 Å². The Balaban J connectivity index is 2.19. The largest absolute Gasteiger partial charge is 0.388 e. The summed E-state index contributed by atoms with van der Waals surface area (Å²) in [7, 11) is 0. The van der Waals surface area contributed by atoms with E-state index < -0.39 is 11.0 Å². The predicted molar refractivity (Wildman–Crippen MR) is 82.0 cm³/mol. The highest BCUT2D eigenvalue weighted by molar-refractivity contribution is 5.15. The SMILES string of the molecule is CC1CCCCC1(O)C1(C#N)CCC(C(C)(C)C)CC1. The van der Waals surface area contributed by atoms with Gasteiger partial charge >= 0.3 is 0 Å². The van der Waals surface area contributed by atoms with Gasteiger partial charge in [-0.15, -0.1) is 0 Å². The van der Waals surface area contributed by atoms with Crippen molar-refractivity contribution in [2.45, 2.75) is 84.7 Å². The number of hydrogen-bond acceptors (Lipinski definition) is 2. The van der Waals surface area contributed by atoms with Crippen molar-refractivity contribution in [3.63, 3.8) is 0 Å². The van der Waals surface area contributed by atoms with Crippen LogP contribution in [0.5, 0.6) is 0 Å². The first-order valence-electron chi connectivity index (χ1n) is 8.39. The normalized spacial score (nSPS) is 43.0. The minimum absolute atomic E-state index is 0.266. The van der Waals surface area contributed by atoms with Gasteiger partial charge in [-0.2, -0.15) is 5.26 Å². The molecule has 0 amide bonds. The Morgan fingerprint density at radius 2 is 1.65 bits per heavy atom. The molecule has 0 aromatic heterocycles. The number of nitriles is 1. The Kier molecular flexibility index (Phi) is 4.22. The van der Waals surface area contributed by atoms with Crippen molar-refractivity contribution in [2.75, 3.05) is 0 Å². The van der Waals surface area contributed by atoms with E-state index in [2.05, 4.69) is 33.8 Å². The number of rotatable bonds is 1. The Labute approximate surface area is 124 Å². The summed E-state index contributed by atoms with van der Waals surface area (Å²) in [5, 5.41) is 21.1. The molecule has 0 radical (unpaired) electrons. The molecule has 0 bridgehead atoms. The van der Waals surface area contributed by atoms with Gasteiger partial charge in [-0.05, 0) is 55.8 Å². The number of nitrogens with zero attached hydrogens (tertiary/aromatic N) is 1. The average Bonchev–Trinajstić information content (AvgIpc) is 2.41. The molecule has 2 saturated carbocycles. The van der Waals surface area contributed by atoms with Gasteiger partial charge in [0.15, 0.2) is 0 Å². The quantitative estimate of drug-likeness (QED) is 0.756. The van der Waals surface area contributed by atoms with E-state index in [1.165, 1.54) is 6.42 Å². The fourth-order valence-electron chi connectivity index (χ4n) is 4.66. The summed E-state index contributed by atoms with van der Waals surface area (Å²) in [6.07, 6.45) is 8.11. The molecule has 114 valence electrons. The fourth-order valence-corrected chi connectivity index (χ4v) is 4.66. The highest BCUT2D eigenvalue weighted by atomic mass is 16.3. The van der Waals surface area contributed by atoms with E-state index in [1.54, 1.807) is 0 Å². The van der Waals surface area contributed by atoms with Crippen LogP contribution in [0.1, 0.15) is 79.1 Å². The molecule has 2 aliphatic carbocycles. The smallest absolute Gasteiger partial charge is 0.0863 e. The van der Waals surface area contributed by atoms with Crippen LogP contribution in [-0.2, 0) is 0 Å². The molecule has 2 fully saturated rings. The summed E-state index contributed by atoms with van der Waals surface area (Å²) >= 11 is 0. The van der Waals surface area contributed by atoms with Crippen LogP contribution in [0.25, 0.3) is 0 Å². The van der Waals surface area contributed by atoms with E-state index in [1.807, 2.05) is 0 Å². The minimum atomic E-state index is -0.747. The third-order valence-corrected chi connectivity index (χ3v) is 6.37. The summed E-state index contributed by atoms with van der Waals surface area (Å²) in [4.78, 5) is 0. The zero-order chi connectivity index (χ0) is 15.0. The van der Waals surface area contributed by atoms with Gasteiger partial charge in [-0.25, -0.2) is 0 Å². The molecule has 0 saturated heterocycles. The second kappa shape index (κ2) is 5.34. The second-order valence-electron chi connectivity index (χ2n) is 8.41. The molecule has 2 nitrogen and oxygen atoms in total. The fraction of sp³-hybridized carbons (Fsp3) is 0.944. The van der Waals surface area contributed by atoms with Gasteiger partial charge < -0.3 is 5.11 Å². The Bertz CT molecular complexity index is 381. The van der Waals surface area contributed by atoms with Crippen molar-refractivity contribution in [1.29, 1.82) is 5.26 Å². The molecular weight excluding hydrogens is 246 g/mol. The topological polar surface area (TPSA) is 44.0 Å². The van der Waals surface area contributed by atoms with Gasteiger partial charge in [0, 0.05) is 0 Å². The van der Waals surface area contributed by atoms with Crippen LogP contribution in [-0.4, -0.2) is 10.7 Å². The van der Waals surface area contributed by atoms with Crippen LogP contribution in [0.3, 0.4) is 0 Å². The van der Waals surface area contributed by atoms with Crippen LogP contribution in [0.15, 0.2) is 0 Å². The zero-order valence-corrected chi connectivity index (χ0v) is 13.7. The molecule has 0 aromatic carbocycles. The molecule has 2 atom stereocenters. The lowest BCUT2D eigenvalue weighted by molar-refractivity contribution is -0.138. The van der Waals surface area contributed by atoms with Gasteiger partial charge in [-0.1, -0.05) is 40.5 Å². The minimum Gasteiger partial charge on any atom is -0.388 e. The number of hydrogen-bond donors (Lipinski definition) is 1. The summed E-state index contributed by atoms with van der Waals surface area (Å²) < 4.78 is 0. The second-order valence-corrected chi connectivity index (χ2v) is 8.41. The lowest BCUT2D eigenvalue weighted by Gasteiger charge is -2.52. The Morgan fingerprint density at radius 3 is 2.10 bits per heavy atom. The Hall–Kier alpha value is -0.550. The van der Waals surface area contributed by atoms with E-state index in [-0.39, 0.29) is 5.92 Å². The van der Waals surface area contributed by atoms with Crippen molar-refractivity contribution in [3.05, 3.63) is 0 Å². The standard InChI is InChI=1S/C18H31NO/c1-14-7-5-6-10-18(14,20)17(13-19)11-8-15(9-12-17)16(2,3)4/h14-15,20H,5-12H2,1-4H3. The lowest BCUT2D eigenvalue weighted by Crippen LogP contribution is -2.55. The van der Waals surface area contributed by atoms with Crippen molar-refractivity contribution < 1.29 is 5.11 Å². The maximum absolute atomic E-state index is 11.3. The molecule has 0 spiro atoms. The van der Waals surface area contributed by atoms with E-state index in [4.69, 9.17) is 0 Å². The van der Waals surface area contributed by atoms with E-state index in [0.717, 1.165) is 44.9 Å². The first kappa shape index (κ1) is 15.8. The average molecular weight is 277 g/mol. The van der Waals surface area contributed by atoms with Gasteiger partial charge in [0.25, 0.3) is 0 Å². The Morgan fingerprint density at radius 1 is 1.05 bits per heavy atom.